The number of amides is 1. The Morgan fingerprint density at radius 2 is 2.10 bits per heavy atom. The van der Waals surface area contributed by atoms with E-state index in [1.54, 1.807) is 4.90 Å². The Morgan fingerprint density at radius 3 is 2.71 bits per heavy atom. The van der Waals surface area contributed by atoms with Crippen LogP contribution in [0.5, 0.6) is 0 Å². The summed E-state index contributed by atoms with van der Waals surface area (Å²) < 4.78 is 0.999. The Balaban J connectivity index is 2.09. The van der Waals surface area contributed by atoms with Crippen LogP contribution in [-0.2, 0) is 4.79 Å². The molecular formula is C16H18BrN3O. The number of nitrogens with zero attached hydrogens (tertiary/aromatic N) is 2. The van der Waals surface area contributed by atoms with Crippen molar-refractivity contribution < 1.29 is 4.79 Å². The summed E-state index contributed by atoms with van der Waals surface area (Å²) in [4.78, 5) is 14.0. The number of anilines is 1. The standard InChI is InChI=1S/C16H18BrN3O/c1-12-9-14(17)5-6-15(12)19-11-13(10-18)16(21)20-7-3-2-4-8-20/h5-6,9,11,19H,2-4,7-8H2,1H3/b13-11-. The molecular weight excluding hydrogens is 330 g/mol. The summed E-state index contributed by atoms with van der Waals surface area (Å²) in [6, 6.07) is 7.81. The first-order chi connectivity index (χ1) is 10.1. The molecule has 0 spiro atoms. The maximum atomic E-state index is 12.3. The quantitative estimate of drug-likeness (QED) is 0.671. The van der Waals surface area contributed by atoms with Crippen LogP contribution in [0.2, 0.25) is 0 Å². The van der Waals surface area contributed by atoms with Gasteiger partial charge in [-0.2, -0.15) is 5.26 Å². The van der Waals surface area contributed by atoms with Crippen molar-refractivity contribution in [2.75, 3.05) is 18.4 Å². The number of aryl methyl sites for hydroxylation is 1. The summed E-state index contributed by atoms with van der Waals surface area (Å²) in [5.41, 5.74) is 2.08. The van der Waals surface area contributed by atoms with Gasteiger partial charge in [-0.3, -0.25) is 4.79 Å². The van der Waals surface area contributed by atoms with Gasteiger partial charge in [0.25, 0.3) is 5.91 Å². The maximum absolute atomic E-state index is 12.3. The summed E-state index contributed by atoms with van der Waals surface area (Å²) in [5, 5.41) is 12.3. The van der Waals surface area contributed by atoms with E-state index in [4.69, 9.17) is 0 Å². The number of benzene rings is 1. The van der Waals surface area contributed by atoms with Gasteiger partial charge < -0.3 is 10.2 Å². The van der Waals surface area contributed by atoms with Crippen molar-refractivity contribution in [1.29, 1.82) is 5.26 Å². The molecule has 5 heteroatoms. The molecule has 1 fully saturated rings. The van der Waals surface area contributed by atoms with Gasteiger partial charge in [-0.05, 0) is 49.9 Å². The molecule has 1 amide bonds. The second kappa shape index (κ2) is 7.28. The number of carbonyl (C=O) groups is 1. The van der Waals surface area contributed by atoms with Gasteiger partial charge in [-0.25, -0.2) is 0 Å². The third-order valence-electron chi connectivity index (χ3n) is 3.55. The molecule has 0 bridgehead atoms. The zero-order chi connectivity index (χ0) is 15.2. The second-order valence-corrected chi connectivity index (χ2v) is 6.04. The lowest BCUT2D eigenvalue weighted by molar-refractivity contribution is -0.127. The van der Waals surface area contributed by atoms with Crippen LogP contribution in [0.4, 0.5) is 5.69 Å². The third kappa shape index (κ3) is 4.08. The minimum Gasteiger partial charge on any atom is -0.360 e. The summed E-state index contributed by atoms with van der Waals surface area (Å²) in [6.07, 6.45) is 4.70. The molecule has 110 valence electrons. The van der Waals surface area contributed by atoms with Gasteiger partial charge in [0.2, 0.25) is 0 Å². The van der Waals surface area contributed by atoms with Crippen LogP contribution in [0.3, 0.4) is 0 Å². The zero-order valence-electron chi connectivity index (χ0n) is 12.0. The summed E-state index contributed by atoms with van der Waals surface area (Å²) >= 11 is 3.41. The van der Waals surface area contributed by atoms with E-state index in [1.165, 1.54) is 6.20 Å². The van der Waals surface area contributed by atoms with Crippen molar-refractivity contribution in [3.63, 3.8) is 0 Å². The number of likely N-dealkylation sites (tertiary alicyclic amines) is 1. The molecule has 2 rings (SSSR count). The highest BCUT2D eigenvalue weighted by molar-refractivity contribution is 9.10. The van der Waals surface area contributed by atoms with Gasteiger partial charge in [0, 0.05) is 29.4 Å². The number of piperidine rings is 1. The fourth-order valence-electron chi connectivity index (χ4n) is 2.35. The molecule has 1 aromatic rings. The normalized spacial score (nSPS) is 15.5. The SMILES string of the molecule is Cc1cc(Br)ccc1N/C=C(/C#N)C(=O)N1CCCCC1. The monoisotopic (exact) mass is 347 g/mol. The average molecular weight is 348 g/mol. The summed E-state index contributed by atoms with van der Waals surface area (Å²) in [7, 11) is 0. The molecule has 0 radical (unpaired) electrons. The molecule has 4 nitrogen and oxygen atoms in total. The van der Waals surface area contributed by atoms with E-state index >= 15 is 0 Å². The topological polar surface area (TPSA) is 56.1 Å². The predicted molar refractivity (Wildman–Crippen MR) is 86.6 cm³/mol. The molecule has 0 aromatic heterocycles. The summed E-state index contributed by atoms with van der Waals surface area (Å²) in [5.74, 6) is -0.181. The van der Waals surface area contributed by atoms with Crippen molar-refractivity contribution in [3.8, 4) is 6.07 Å². The predicted octanol–water partition coefficient (Wildman–Crippen LogP) is 3.59. The molecule has 21 heavy (non-hydrogen) atoms. The van der Waals surface area contributed by atoms with E-state index in [1.807, 2.05) is 31.2 Å². The number of hydrogen-bond donors (Lipinski definition) is 1. The maximum Gasteiger partial charge on any atom is 0.266 e. The van der Waals surface area contributed by atoms with Crippen molar-refractivity contribution in [2.45, 2.75) is 26.2 Å². The fraction of sp³-hybridized carbons (Fsp3) is 0.375. The molecule has 0 unspecified atom stereocenters. The lowest BCUT2D eigenvalue weighted by atomic mass is 10.1. The van der Waals surface area contributed by atoms with E-state index in [9.17, 15) is 10.1 Å². The van der Waals surface area contributed by atoms with Crippen LogP contribution in [-0.4, -0.2) is 23.9 Å². The smallest absolute Gasteiger partial charge is 0.266 e. The average Bonchev–Trinajstić information content (AvgIpc) is 2.50. The van der Waals surface area contributed by atoms with E-state index < -0.39 is 0 Å². The third-order valence-corrected chi connectivity index (χ3v) is 4.05. The first-order valence-electron chi connectivity index (χ1n) is 7.04. The molecule has 0 atom stereocenters. The molecule has 1 saturated heterocycles. The van der Waals surface area contributed by atoms with Crippen LogP contribution in [0.1, 0.15) is 24.8 Å². The van der Waals surface area contributed by atoms with Crippen molar-refractivity contribution in [3.05, 3.63) is 40.0 Å². The van der Waals surface area contributed by atoms with Gasteiger partial charge >= 0.3 is 0 Å². The number of nitriles is 1. The Hall–Kier alpha value is -1.80. The lowest BCUT2D eigenvalue weighted by Crippen LogP contribution is -2.36. The lowest BCUT2D eigenvalue weighted by Gasteiger charge is -2.26. The Bertz CT molecular complexity index is 598. The second-order valence-electron chi connectivity index (χ2n) is 5.13. The van der Waals surface area contributed by atoms with Gasteiger partial charge in [0.05, 0.1) is 0 Å². The summed E-state index contributed by atoms with van der Waals surface area (Å²) in [6.45, 7) is 3.46. The van der Waals surface area contributed by atoms with Crippen molar-refractivity contribution in [1.82, 2.24) is 4.90 Å². The number of nitrogens with one attached hydrogen (secondary N) is 1. The number of carbonyl (C=O) groups excluding carboxylic acids is 1. The van der Waals surface area contributed by atoms with E-state index in [2.05, 4.69) is 21.2 Å². The number of hydrogen-bond acceptors (Lipinski definition) is 3. The van der Waals surface area contributed by atoms with Crippen LogP contribution in [0.25, 0.3) is 0 Å². The molecule has 1 N–H and O–H groups in total. The minimum atomic E-state index is -0.181. The number of rotatable bonds is 3. The molecule has 1 aromatic carbocycles. The van der Waals surface area contributed by atoms with E-state index in [0.717, 1.165) is 48.1 Å². The van der Waals surface area contributed by atoms with Gasteiger partial charge in [0.1, 0.15) is 11.6 Å². The highest BCUT2D eigenvalue weighted by atomic mass is 79.9. The zero-order valence-corrected chi connectivity index (χ0v) is 13.6. The Kier molecular flexibility index (Phi) is 5.40. The number of halogens is 1. The Morgan fingerprint density at radius 1 is 1.38 bits per heavy atom. The highest BCUT2D eigenvalue weighted by Gasteiger charge is 2.20. The van der Waals surface area contributed by atoms with E-state index in [-0.39, 0.29) is 11.5 Å². The highest BCUT2D eigenvalue weighted by Crippen LogP contribution is 2.20. The molecule has 1 aliphatic heterocycles. The molecule has 0 aliphatic carbocycles. The minimum absolute atomic E-state index is 0.152. The Labute approximate surface area is 133 Å². The van der Waals surface area contributed by atoms with Gasteiger partial charge in [0.15, 0.2) is 0 Å². The first-order valence-corrected chi connectivity index (χ1v) is 7.83. The first kappa shape index (κ1) is 15.6. The molecule has 1 aliphatic rings. The van der Waals surface area contributed by atoms with Crippen LogP contribution in [0.15, 0.2) is 34.4 Å². The van der Waals surface area contributed by atoms with Crippen molar-refractivity contribution >= 4 is 27.5 Å². The van der Waals surface area contributed by atoms with Gasteiger partial charge in [-0.1, -0.05) is 15.9 Å². The van der Waals surface area contributed by atoms with Gasteiger partial charge in [-0.15, -0.1) is 0 Å². The van der Waals surface area contributed by atoms with Crippen LogP contribution < -0.4 is 5.32 Å². The van der Waals surface area contributed by atoms with Crippen LogP contribution >= 0.6 is 15.9 Å². The van der Waals surface area contributed by atoms with E-state index in [0.29, 0.717) is 0 Å². The van der Waals surface area contributed by atoms with Crippen molar-refractivity contribution in [2.24, 2.45) is 0 Å². The fourth-order valence-corrected chi connectivity index (χ4v) is 2.82. The molecule has 1 heterocycles. The molecule has 0 saturated carbocycles. The van der Waals surface area contributed by atoms with Crippen LogP contribution in [0, 0.1) is 18.3 Å². The largest absolute Gasteiger partial charge is 0.360 e.